The SMILES string of the molecule is N[C@@H](CCC(=O)N[C@@H](CCC(=O)O)C(=O)O)C(O)O. The number of aliphatic carboxylic acids is 2. The molecule has 1 amide bonds. The van der Waals surface area contributed by atoms with Gasteiger partial charge in [0.05, 0.1) is 6.04 Å². The normalized spacial score (nSPS) is 13.9. The van der Waals surface area contributed by atoms with Crippen LogP contribution in [0.15, 0.2) is 0 Å². The molecule has 19 heavy (non-hydrogen) atoms. The average molecular weight is 278 g/mol. The van der Waals surface area contributed by atoms with E-state index < -0.39 is 36.2 Å². The van der Waals surface area contributed by atoms with Crippen LogP contribution >= 0.6 is 0 Å². The minimum absolute atomic E-state index is 0.0330. The molecule has 0 radical (unpaired) electrons. The molecule has 0 aliphatic rings. The Labute approximate surface area is 109 Å². The summed E-state index contributed by atoms with van der Waals surface area (Å²) in [5.74, 6) is -3.14. The predicted octanol–water partition coefficient (Wildman–Crippen LogP) is -2.16. The lowest BCUT2D eigenvalue weighted by Gasteiger charge is -2.16. The summed E-state index contributed by atoms with van der Waals surface area (Å²) in [5, 5.41) is 36.7. The Morgan fingerprint density at radius 2 is 1.63 bits per heavy atom. The fourth-order valence-corrected chi connectivity index (χ4v) is 1.24. The van der Waals surface area contributed by atoms with Crippen molar-refractivity contribution in [3.05, 3.63) is 0 Å². The van der Waals surface area contributed by atoms with E-state index in [0.717, 1.165) is 0 Å². The number of amides is 1. The number of nitrogens with one attached hydrogen (secondary N) is 1. The second-order valence-corrected chi connectivity index (χ2v) is 4.01. The maximum absolute atomic E-state index is 11.4. The number of aliphatic hydroxyl groups excluding tert-OH is 1. The molecule has 0 aromatic rings. The molecule has 9 heteroatoms. The van der Waals surface area contributed by atoms with Crippen LogP contribution in [-0.4, -0.2) is 56.6 Å². The lowest BCUT2D eigenvalue weighted by Crippen LogP contribution is -2.42. The van der Waals surface area contributed by atoms with E-state index in [-0.39, 0.29) is 25.7 Å². The van der Waals surface area contributed by atoms with Gasteiger partial charge < -0.3 is 31.5 Å². The highest BCUT2D eigenvalue weighted by molar-refractivity contribution is 5.83. The summed E-state index contributed by atoms with van der Waals surface area (Å²) in [7, 11) is 0. The fraction of sp³-hybridized carbons (Fsp3) is 0.700. The van der Waals surface area contributed by atoms with Crippen molar-refractivity contribution < 1.29 is 34.8 Å². The number of carbonyl (C=O) groups is 3. The van der Waals surface area contributed by atoms with Crippen LogP contribution in [0.2, 0.25) is 0 Å². The van der Waals surface area contributed by atoms with Crippen LogP contribution in [0.3, 0.4) is 0 Å². The number of hydrogen-bond donors (Lipinski definition) is 6. The van der Waals surface area contributed by atoms with Gasteiger partial charge in [-0.25, -0.2) is 4.79 Å². The summed E-state index contributed by atoms with van der Waals surface area (Å²) in [6, 6.07) is -2.30. The third kappa shape index (κ3) is 8.08. The largest absolute Gasteiger partial charge is 0.481 e. The molecule has 9 nitrogen and oxygen atoms in total. The van der Waals surface area contributed by atoms with Crippen molar-refractivity contribution in [3.8, 4) is 0 Å². The molecule has 110 valence electrons. The molecule has 0 spiro atoms. The second kappa shape index (κ2) is 8.40. The fourth-order valence-electron chi connectivity index (χ4n) is 1.24. The lowest BCUT2D eigenvalue weighted by molar-refractivity contribution is -0.143. The van der Waals surface area contributed by atoms with Gasteiger partial charge in [0, 0.05) is 12.8 Å². The zero-order valence-corrected chi connectivity index (χ0v) is 10.2. The van der Waals surface area contributed by atoms with Crippen LogP contribution in [0, 0.1) is 0 Å². The minimum atomic E-state index is -1.75. The molecule has 0 aliphatic heterocycles. The molecule has 0 rings (SSSR count). The van der Waals surface area contributed by atoms with Gasteiger partial charge in [-0.05, 0) is 12.8 Å². The zero-order chi connectivity index (χ0) is 15.0. The quantitative estimate of drug-likeness (QED) is 0.259. The van der Waals surface area contributed by atoms with Crippen LogP contribution in [-0.2, 0) is 14.4 Å². The second-order valence-electron chi connectivity index (χ2n) is 4.01. The Bertz CT molecular complexity index is 332. The molecule has 0 aliphatic carbocycles. The smallest absolute Gasteiger partial charge is 0.326 e. The summed E-state index contributed by atoms with van der Waals surface area (Å²) in [5.41, 5.74) is 5.28. The Balaban J connectivity index is 4.17. The predicted molar refractivity (Wildman–Crippen MR) is 61.9 cm³/mol. The molecule has 0 saturated carbocycles. The van der Waals surface area contributed by atoms with Crippen molar-refractivity contribution >= 4 is 17.8 Å². The highest BCUT2D eigenvalue weighted by atomic mass is 16.5. The maximum atomic E-state index is 11.4. The molecule has 0 aromatic heterocycles. The van der Waals surface area contributed by atoms with Gasteiger partial charge in [-0.2, -0.15) is 0 Å². The van der Waals surface area contributed by atoms with E-state index in [1.54, 1.807) is 0 Å². The summed E-state index contributed by atoms with van der Waals surface area (Å²) in [4.78, 5) is 32.5. The Hall–Kier alpha value is -1.71. The van der Waals surface area contributed by atoms with Crippen molar-refractivity contribution in [2.24, 2.45) is 5.73 Å². The topological polar surface area (TPSA) is 170 Å². The van der Waals surface area contributed by atoms with E-state index in [1.165, 1.54) is 0 Å². The van der Waals surface area contributed by atoms with Crippen LogP contribution in [0.5, 0.6) is 0 Å². The van der Waals surface area contributed by atoms with Crippen LogP contribution in [0.25, 0.3) is 0 Å². The van der Waals surface area contributed by atoms with E-state index in [9.17, 15) is 14.4 Å². The Morgan fingerprint density at radius 1 is 1.05 bits per heavy atom. The van der Waals surface area contributed by atoms with Gasteiger partial charge in [0.25, 0.3) is 0 Å². The first kappa shape index (κ1) is 17.3. The van der Waals surface area contributed by atoms with Gasteiger partial charge in [0.1, 0.15) is 6.04 Å². The zero-order valence-electron chi connectivity index (χ0n) is 10.2. The number of hydrogen-bond acceptors (Lipinski definition) is 6. The van der Waals surface area contributed by atoms with Crippen molar-refractivity contribution in [1.82, 2.24) is 5.32 Å². The lowest BCUT2D eigenvalue weighted by atomic mass is 10.1. The van der Waals surface area contributed by atoms with Gasteiger partial charge in [-0.3, -0.25) is 9.59 Å². The number of carboxylic acids is 2. The van der Waals surface area contributed by atoms with Crippen LogP contribution in [0.4, 0.5) is 0 Å². The number of carbonyl (C=O) groups excluding carboxylic acids is 1. The van der Waals surface area contributed by atoms with Crippen molar-refractivity contribution in [2.75, 3.05) is 0 Å². The number of rotatable bonds is 9. The molecule has 7 N–H and O–H groups in total. The van der Waals surface area contributed by atoms with E-state index in [0.29, 0.717) is 0 Å². The van der Waals surface area contributed by atoms with Crippen LogP contribution in [0.1, 0.15) is 25.7 Å². The summed E-state index contributed by atoms with van der Waals surface area (Å²) in [6.45, 7) is 0. The molecular formula is C10H18N2O7. The highest BCUT2D eigenvalue weighted by Gasteiger charge is 2.21. The molecule has 0 bridgehead atoms. The first-order valence-corrected chi connectivity index (χ1v) is 5.59. The minimum Gasteiger partial charge on any atom is -0.481 e. The average Bonchev–Trinajstić information content (AvgIpc) is 2.30. The Kier molecular flexibility index (Phi) is 7.65. The van der Waals surface area contributed by atoms with Gasteiger partial charge in [0.2, 0.25) is 5.91 Å². The van der Waals surface area contributed by atoms with Gasteiger partial charge in [-0.1, -0.05) is 0 Å². The third-order valence-electron chi connectivity index (χ3n) is 2.37. The van der Waals surface area contributed by atoms with Gasteiger partial charge in [-0.15, -0.1) is 0 Å². The third-order valence-corrected chi connectivity index (χ3v) is 2.37. The summed E-state index contributed by atoms with van der Waals surface area (Å²) in [6.07, 6.45) is -2.59. The molecule has 2 atom stereocenters. The van der Waals surface area contributed by atoms with E-state index in [2.05, 4.69) is 5.32 Å². The van der Waals surface area contributed by atoms with E-state index in [4.69, 9.17) is 26.2 Å². The first-order chi connectivity index (χ1) is 8.73. The van der Waals surface area contributed by atoms with Gasteiger partial charge >= 0.3 is 11.9 Å². The molecule has 0 aromatic carbocycles. The highest BCUT2D eigenvalue weighted by Crippen LogP contribution is 2.02. The number of carboxylic acid groups (broad SMARTS) is 2. The Morgan fingerprint density at radius 3 is 2.05 bits per heavy atom. The molecule has 0 saturated heterocycles. The number of nitrogens with two attached hydrogens (primary N) is 1. The van der Waals surface area contributed by atoms with Crippen LogP contribution < -0.4 is 11.1 Å². The number of aliphatic hydroxyl groups is 2. The summed E-state index contributed by atoms with van der Waals surface area (Å²) >= 11 is 0. The van der Waals surface area contributed by atoms with Crippen molar-refractivity contribution in [2.45, 2.75) is 44.1 Å². The molecule has 0 unspecified atom stereocenters. The van der Waals surface area contributed by atoms with Gasteiger partial charge in [0.15, 0.2) is 6.29 Å². The molecule has 0 heterocycles. The summed E-state index contributed by atoms with van der Waals surface area (Å²) < 4.78 is 0. The maximum Gasteiger partial charge on any atom is 0.326 e. The molecule has 0 fully saturated rings. The standard InChI is InChI=1S/C10H18N2O7/c11-5(9(16)17)1-3-7(13)12-6(10(18)19)2-4-8(14)15/h5-6,9,16-17H,1-4,11H2,(H,12,13)(H,14,15)(H,18,19)/t5-,6-/m0/s1. The molecular weight excluding hydrogens is 260 g/mol. The first-order valence-electron chi connectivity index (χ1n) is 5.59. The monoisotopic (exact) mass is 278 g/mol. The van der Waals surface area contributed by atoms with E-state index >= 15 is 0 Å². The van der Waals surface area contributed by atoms with Crippen molar-refractivity contribution in [1.29, 1.82) is 0 Å². The van der Waals surface area contributed by atoms with Crippen molar-refractivity contribution in [3.63, 3.8) is 0 Å². The van der Waals surface area contributed by atoms with E-state index in [1.807, 2.05) is 0 Å².